The molecule has 0 saturated carbocycles. The van der Waals surface area contributed by atoms with Crippen molar-refractivity contribution in [3.05, 3.63) is 84.1 Å². The standard InChI is InChI=1S/C24H19N3OS/c1-2-28-23-22(29-24(27-23)21-5-3-4-16-26-21)19-12-8-17(9-13-19)6-7-18-10-14-20(25)15-11-18/h3-5,8-16H,2,25H2,1H3. The van der Waals surface area contributed by atoms with Crippen LogP contribution in [0.3, 0.4) is 0 Å². The number of nitrogen functional groups attached to an aromatic ring is 1. The lowest BCUT2D eigenvalue weighted by atomic mass is 10.1. The number of hydrogen-bond donors (Lipinski definition) is 1. The Bertz CT molecular complexity index is 1150. The van der Waals surface area contributed by atoms with Gasteiger partial charge in [-0.2, -0.15) is 4.98 Å². The van der Waals surface area contributed by atoms with Crippen molar-refractivity contribution in [1.82, 2.24) is 9.97 Å². The maximum absolute atomic E-state index is 5.77. The molecule has 142 valence electrons. The first-order valence-corrected chi connectivity index (χ1v) is 10.1. The minimum Gasteiger partial charge on any atom is -0.477 e. The highest BCUT2D eigenvalue weighted by Gasteiger charge is 2.16. The van der Waals surface area contributed by atoms with E-state index in [4.69, 9.17) is 10.5 Å². The van der Waals surface area contributed by atoms with Crippen molar-refractivity contribution >= 4 is 17.0 Å². The molecule has 0 aliphatic heterocycles. The number of anilines is 1. The number of aromatic nitrogens is 2. The Morgan fingerprint density at radius 2 is 1.62 bits per heavy atom. The van der Waals surface area contributed by atoms with E-state index < -0.39 is 0 Å². The Hall–Kier alpha value is -3.62. The van der Waals surface area contributed by atoms with E-state index in [2.05, 4.69) is 21.8 Å². The van der Waals surface area contributed by atoms with Crippen molar-refractivity contribution in [3.63, 3.8) is 0 Å². The molecule has 0 atom stereocenters. The number of nitrogens with zero attached hydrogens (tertiary/aromatic N) is 2. The molecule has 2 aromatic heterocycles. The molecule has 0 radical (unpaired) electrons. The molecule has 4 nitrogen and oxygen atoms in total. The quantitative estimate of drug-likeness (QED) is 0.377. The van der Waals surface area contributed by atoms with Crippen LogP contribution in [0.5, 0.6) is 5.88 Å². The van der Waals surface area contributed by atoms with Crippen molar-refractivity contribution in [2.75, 3.05) is 12.3 Å². The van der Waals surface area contributed by atoms with Crippen molar-refractivity contribution in [1.29, 1.82) is 0 Å². The van der Waals surface area contributed by atoms with E-state index in [1.807, 2.05) is 73.7 Å². The molecule has 4 aromatic rings. The average Bonchev–Trinajstić information content (AvgIpc) is 3.19. The highest BCUT2D eigenvalue weighted by molar-refractivity contribution is 7.18. The molecule has 0 fully saturated rings. The van der Waals surface area contributed by atoms with E-state index in [9.17, 15) is 0 Å². The number of pyridine rings is 1. The fraction of sp³-hybridized carbons (Fsp3) is 0.0833. The zero-order chi connectivity index (χ0) is 20.1. The summed E-state index contributed by atoms with van der Waals surface area (Å²) >= 11 is 1.58. The van der Waals surface area contributed by atoms with Crippen molar-refractivity contribution < 1.29 is 4.74 Å². The third kappa shape index (κ3) is 4.45. The summed E-state index contributed by atoms with van der Waals surface area (Å²) in [6.45, 7) is 2.52. The molecule has 0 aliphatic rings. The molecule has 0 aliphatic carbocycles. The molecular weight excluding hydrogens is 378 g/mol. The van der Waals surface area contributed by atoms with Crippen LogP contribution >= 0.6 is 11.3 Å². The minimum atomic E-state index is 0.559. The molecule has 0 amide bonds. The van der Waals surface area contributed by atoms with Gasteiger partial charge in [-0.25, -0.2) is 0 Å². The van der Waals surface area contributed by atoms with Gasteiger partial charge in [0.2, 0.25) is 5.88 Å². The first-order valence-electron chi connectivity index (χ1n) is 9.26. The van der Waals surface area contributed by atoms with Crippen LogP contribution in [-0.4, -0.2) is 16.6 Å². The fourth-order valence-electron chi connectivity index (χ4n) is 2.74. The van der Waals surface area contributed by atoms with E-state index in [-0.39, 0.29) is 0 Å². The van der Waals surface area contributed by atoms with Gasteiger partial charge in [-0.3, -0.25) is 4.98 Å². The van der Waals surface area contributed by atoms with E-state index >= 15 is 0 Å². The molecule has 0 bridgehead atoms. The van der Waals surface area contributed by atoms with Crippen LogP contribution in [0.4, 0.5) is 5.69 Å². The first kappa shape index (κ1) is 18.7. The Balaban J connectivity index is 1.62. The van der Waals surface area contributed by atoms with Crippen LogP contribution in [-0.2, 0) is 0 Å². The number of rotatable bonds is 4. The summed E-state index contributed by atoms with van der Waals surface area (Å²) in [5.41, 5.74) is 10.2. The Labute approximate surface area is 174 Å². The molecule has 0 spiro atoms. The topological polar surface area (TPSA) is 61.0 Å². The van der Waals surface area contributed by atoms with Crippen molar-refractivity contribution in [2.24, 2.45) is 0 Å². The summed E-state index contributed by atoms with van der Waals surface area (Å²) in [7, 11) is 0. The maximum atomic E-state index is 5.77. The van der Waals surface area contributed by atoms with Gasteiger partial charge in [-0.1, -0.05) is 30.0 Å². The summed E-state index contributed by atoms with van der Waals surface area (Å²) in [6, 6.07) is 21.5. The average molecular weight is 398 g/mol. The number of hydrogen-bond acceptors (Lipinski definition) is 5. The van der Waals surface area contributed by atoms with Crippen molar-refractivity contribution in [3.8, 4) is 38.9 Å². The molecular formula is C24H19N3OS. The first-order chi connectivity index (χ1) is 14.2. The third-order valence-corrected chi connectivity index (χ3v) is 5.28. The zero-order valence-electron chi connectivity index (χ0n) is 15.9. The second-order valence-electron chi connectivity index (χ2n) is 6.25. The predicted molar refractivity (Wildman–Crippen MR) is 119 cm³/mol. The zero-order valence-corrected chi connectivity index (χ0v) is 16.7. The van der Waals surface area contributed by atoms with Gasteiger partial charge >= 0.3 is 0 Å². The Kier molecular flexibility index (Phi) is 5.55. The SMILES string of the molecule is CCOc1nc(-c2ccccn2)sc1-c1ccc(C#Cc2ccc(N)cc2)cc1. The van der Waals surface area contributed by atoms with E-state index in [1.165, 1.54) is 0 Å². The number of thiazole rings is 1. The summed E-state index contributed by atoms with van der Waals surface area (Å²) in [4.78, 5) is 10.0. The largest absolute Gasteiger partial charge is 0.477 e. The lowest BCUT2D eigenvalue weighted by Crippen LogP contribution is -1.93. The van der Waals surface area contributed by atoms with Gasteiger partial charge in [0.05, 0.1) is 17.2 Å². The molecule has 5 heteroatoms. The lowest BCUT2D eigenvalue weighted by Gasteiger charge is -2.03. The Morgan fingerprint density at radius 1 is 0.931 bits per heavy atom. The highest BCUT2D eigenvalue weighted by atomic mass is 32.1. The van der Waals surface area contributed by atoms with Crippen LogP contribution in [0, 0.1) is 11.8 Å². The van der Waals surface area contributed by atoms with Gasteiger partial charge in [0, 0.05) is 23.0 Å². The monoisotopic (exact) mass is 397 g/mol. The van der Waals surface area contributed by atoms with Gasteiger partial charge in [0.15, 0.2) is 0 Å². The molecule has 0 unspecified atom stereocenters. The number of benzene rings is 2. The highest BCUT2D eigenvalue weighted by Crippen LogP contribution is 2.39. The molecule has 29 heavy (non-hydrogen) atoms. The fourth-order valence-corrected chi connectivity index (χ4v) is 3.73. The summed E-state index contributed by atoms with van der Waals surface area (Å²) < 4.78 is 5.77. The van der Waals surface area contributed by atoms with Crippen LogP contribution in [0.25, 0.3) is 21.1 Å². The number of ether oxygens (including phenoxy) is 1. The Morgan fingerprint density at radius 3 is 2.24 bits per heavy atom. The maximum Gasteiger partial charge on any atom is 0.233 e. The van der Waals surface area contributed by atoms with Crippen LogP contribution in [0.15, 0.2) is 72.9 Å². The summed E-state index contributed by atoms with van der Waals surface area (Å²) in [5.74, 6) is 6.98. The van der Waals surface area contributed by atoms with Gasteiger partial charge in [-0.15, -0.1) is 11.3 Å². The van der Waals surface area contributed by atoms with E-state index in [0.29, 0.717) is 12.5 Å². The van der Waals surface area contributed by atoms with Crippen LogP contribution < -0.4 is 10.5 Å². The number of nitrogens with two attached hydrogens (primary N) is 1. The predicted octanol–water partition coefficient (Wildman–Crippen LogP) is 5.25. The van der Waals surface area contributed by atoms with Gasteiger partial charge < -0.3 is 10.5 Å². The van der Waals surface area contributed by atoms with Crippen LogP contribution in [0.2, 0.25) is 0 Å². The second-order valence-corrected chi connectivity index (χ2v) is 7.25. The van der Waals surface area contributed by atoms with Crippen molar-refractivity contribution in [2.45, 2.75) is 6.92 Å². The van der Waals surface area contributed by atoms with Crippen LogP contribution in [0.1, 0.15) is 18.1 Å². The molecule has 2 heterocycles. The second kappa shape index (κ2) is 8.59. The van der Waals surface area contributed by atoms with E-state index in [0.717, 1.165) is 38.0 Å². The van der Waals surface area contributed by atoms with Gasteiger partial charge in [0.1, 0.15) is 5.01 Å². The minimum absolute atomic E-state index is 0.559. The lowest BCUT2D eigenvalue weighted by molar-refractivity contribution is 0.330. The smallest absolute Gasteiger partial charge is 0.233 e. The molecule has 4 rings (SSSR count). The van der Waals surface area contributed by atoms with Gasteiger partial charge in [0.25, 0.3) is 0 Å². The molecule has 0 saturated heterocycles. The third-order valence-electron chi connectivity index (χ3n) is 4.17. The van der Waals surface area contributed by atoms with E-state index in [1.54, 1.807) is 17.5 Å². The normalized spacial score (nSPS) is 10.2. The van der Waals surface area contributed by atoms with Gasteiger partial charge in [-0.05, 0) is 61.0 Å². The summed E-state index contributed by atoms with van der Waals surface area (Å²) in [5, 5.41) is 0.844. The molecule has 2 N–H and O–H groups in total. The summed E-state index contributed by atoms with van der Waals surface area (Å²) in [6.07, 6.45) is 1.77. The molecule has 2 aromatic carbocycles.